The minimum atomic E-state index is -0.354. The molecule has 0 aliphatic heterocycles. The Kier molecular flexibility index (Phi) is 3.86. The lowest BCUT2D eigenvalue weighted by atomic mass is 10.0. The van der Waals surface area contributed by atoms with Crippen LogP contribution in [-0.4, -0.2) is 0 Å². The second kappa shape index (κ2) is 5.57. The predicted octanol–water partition coefficient (Wildman–Crippen LogP) is 4.33. The van der Waals surface area contributed by atoms with Crippen molar-refractivity contribution in [2.45, 2.75) is 13.0 Å². The first-order chi connectivity index (χ1) is 8.70. The molecule has 2 rings (SSSR count). The van der Waals surface area contributed by atoms with Crippen LogP contribution in [0.2, 0.25) is 5.02 Å². The highest BCUT2D eigenvalue weighted by Crippen LogP contribution is 2.22. The molecule has 1 atom stereocenters. The smallest absolute Gasteiger partial charge is 0.140 e. The Labute approximate surface area is 112 Å². The van der Waals surface area contributed by atoms with Crippen molar-refractivity contribution in [1.29, 1.82) is 5.26 Å². The van der Waals surface area contributed by atoms with Gasteiger partial charge in [-0.15, -0.1) is 0 Å². The lowest BCUT2D eigenvalue weighted by Gasteiger charge is -2.15. The molecule has 18 heavy (non-hydrogen) atoms. The first kappa shape index (κ1) is 12.5. The number of aryl methyl sites for hydroxylation is 1. The largest absolute Gasteiger partial charge is 0.366 e. The molecule has 0 aromatic heterocycles. The summed E-state index contributed by atoms with van der Waals surface area (Å²) in [4.78, 5) is 0. The summed E-state index contributed by atoms with van der Waals surface area (Å²) in [5, 5.41) is 13.2. The number of nitrogens with one attached hydrogen (secondary N) is 1. The van der Waals surface area contributed by atoms with E-state index < -0.39 is 0 Å². The van der Waals surface area contributed by atoms with E-state index in [-0.39, 0.29) is 6.04 Å². The number of benzene rings is 2. The fraction of sp³-hybridized carbons (Fsp3) is 0.133. The Balaban J connectivity index is 2.23. The molecule has 2 nitrogen and oxygen atoms in total. The van der Waals surface area contributed by atoms with Crippen molar-refractivity contribution in [2.75, 3.05) is 5.32 Å². The van der Waals surface area contributed by atoms with Crippen LogP contribution in [0.5, 0.6) is 0 Å². The highest BCUT2D eigenvalue weighted by Gasteiger charge is 2.11. The van der Waals surface area contributed by atoms with Crippen molar-refractivity contribution in [3.8, 4) is 6.07 Å². The number of nitrogens with zero attached hydrogens (tertiary/aromatic N) is 1. The number of rotatable bonds is 3. The van der Waals surface area contributed by atoms with E-state index in [1.54, 1.807) is 12.1 Å². The van der Waals surface area contributed by atoms with E-state index in [9.17, 15) is 5.26 Å². The molecule has 0 fully saturated rings. The lowest BCUT2D eigenvalue weighted by molar-refractivity contribution is 0.982. The molecular weight excluding hydrogens is 244 g/mol. The summed E-state index contributed by atoms with van der Waals surface area (Å²) < 4.78 is 0. The Morgan fingerprint density at radius 1 is 1.11 bits per heavy atom. The summed E-state index contributed by atoms with van der Waals surface area (Å²) in [6.07, 6.45) is 0. The maximum atomic E-state index is 9.28. The van der Waals surface area contributed by atoms with E-state index in [2.05, 4.69) is 11.4 Å². The van der Waals surface area contributed by atoms with Crippen molar-refractivity contribution in [1.82, 2.24) is 0 Å². The molecule has 0 heterocycles. The maximum absolute atomic E-state index is 9.28. The van der Waals surface area contributed by atoms with Crippen molar-refractivity contribution >= 4 is 17.3 Å². The summed E-state index contributed by atoms with van der Waals surface area (Å²) >= 11 is 5.83. The minimum Gasteiger partial charge on any atom is -0.366 e. The number of halogens is 1. The molecule has 90 valence electrons. The second-order valence-electron chi connectivity index (χ2n) is 4.07. The molecule has 1 N–H and O–H groups in total. The third-order valence-corrected chi connectivity index (χ3v) is 3.04. The van der Waals surface area contributed by atoms with Crippen molar-refractivity contribution < 1.29 is 0 Å². The third kappa shape index (κ3) is 2.82. The zero-order valence-electron chi connectivity index (χ0n) is 10.0. The average Bonchev–Trinajstić information content (AvgIpc) is 2.39. The quantitative estimate of drug-likeness (QED) is 0.887. The maximum Gasteiger partial charge on any atom is 0.140 e. The van der Waals surface area contributed by atoms with Gasteiger partial charge in [-0.25, -0.2) is 0 Å². The molecule has 0 spiro atoms. The van der Waals surface area contributed by atoms with Gasteiger partial charge in [0.05, 0.1) is 6.07 Å². The van der Waals surface area contributed by atoms with Gasteiger partial charge in [-0.2, -0.15) is 5.26 Å². The van der Waals surface area contributed by atoms with Crippen molar-refractivity contribution in [3.05, 3.63) is 64.7 Å². The summed E-state index contributed by atoms with van der Waals surface area (Å²) in [6.45, 7) is 2.00. The minimum absolute atomic E-state index is 0.354. The topological polar surface area (TPSA) is 35.8 Å². The Morgan fingerprint density at radius 3 is 2.39 bits per heavy atom. The molecule has 3 heteroatoms. The highest BCUT2D eigenvalue weighted by atomic mass is 35.5. The Hall–Kier alpha value is -1.98. The van der Waals surface area contributed by atoms with Crippen LogP contribution in [0.4, 0.5) is 5.69 Å². The fourth-order valence-corrected chi connectivity index (χ4v) is 1.93. The fourth-order valence-electron chi connectivity index (χ4n) is 1.80. The van der Waals surface area contributed by atoms with E-state index in [1.807, 2.05) is 43.3 Å². The van der Waals surface area contributed by atoms with Gasteiger partial charge in [-0.05, 0) is 42.3 Å². The van der Waals surface area contributed by atoms with E-state index in [1.165, 1.54) is 0 Å². The standard InChI is InChI=1S/C15H13ClN2/c1-11-4-2-3-5-14(11)15(10-17)18-13-8-6-12(16)7-9-13/h2-9,15,18H,1H3. The summed E-state index contributed by atoms with van der Waals surface area (Å²) in [5.74, 6) is 0. The van der Waals surface area contributed by atoms with Crippen LogP contribution in [-0.2, 0) is 0 Å². The van der Waals surface area contributed by atoms with Gasteiger partial charge in [-0.3, -0.25) is 0 Å². The number of hydrogen-bond donors (Lipinski definition) is 1. The van der Waals surface area contributed by atoms with Gasteiger partial charge >= 0.3 is 0 Å². The SMILES string of the molecule is Cc1ccccc1C(C#N)Nc1ccc(Cl)cc1. The van der Waals surface area contributed by atoms with Crippen LogP contribution in [0.15, 0.2) is 48.5 Å². The van der Waals surface area contributed by atoms with E-state index in [4.69, 9.17) is 11.6 Å². The van der Waals surface area contributed by atoms with Gasteiger partial charge in [-0.1, -0.05) is 35.9 Å². The number of hydrogen-bond acceptors (Lipinski definition) is 2. The molecule has 1 unspecified atom stereocenters. The summed E-state index contributed by atoms with van der Waals surface area (Å²) in [6, 6.07) is 17.1. The third-order valence-electron chi connectivity index (χ3n) is 2.78. The Bertz CT molecular complexity index is 570. The van der Waals surface area contributed by atoms with E-state index >= 15 is 0 Å². The molecule has 0 bridgehead atoms. The normalized spacial score (nSPS) is 11.6. The highest BCUT2D eigenvalue weighted by molar-refractivity contribution is 6.30. The van der Waals surface area contributed by atoms with Crippen LogP contribution in [0, 0.1) is 18.3 Å². The molecule has 0 aliphatic rings. The van der Waals surface area contributed by atoms with Crippen LogP contribution < -0.4 is 5.32 Å². The molecule has 0 amide bonds. The first-order valence-corrected chi connectivity index (χ1v) is 6.06. The van der Waals surface area contributed by atoms with Crippen LogP contribution in [0.25, 0.3) is 0 Å². The van der Waals surface area contributed by atoms with Crippen molar-refractivity contribution in [3.63, 3.8) is 0 Å². The predicted molar refractivity (Wildman–Crippen MR) is 74.6 cm³/mol. The van der Waals surface area contributed by atoms with Crippen molar-refractivity contribution in [2.24, 2.45) is 0 Å². The van der Waals surface area contributed by atoms with Gasteiger partial charge in [0.2, 0.25) is 0 Å². The monoisotopic (exact) mass is 256 g/mol. The van der Waals surface area contributed by atoms with E-state index in [0.717, 1.165) is 16.8 Å². The lowest BCUT2D eigenvalue weighted by Crippen LogP contribution is -2.09. The van der Waals surface area contributed by atoms with E-state index in [0.29, 0.717) is 5.02 Å². The average molecular weight is 257 g/mol. The Morgan fingerprint density at radius 2 is 1.78 bits per heavy atom. The molecule has 0 aliphatic carbocycles. The van der Waals surface area contributed by atoms with Crippen LogP contribution in [0.3, 0.4) is 0 Å². The molecule has 2 aromatic rings. The molecular formula is C15H13ClN2. The van der Waals surface area contributed by atoms with Gasteiger partial charge in [0, 0.05) is 10.7 Å². The summed E-state index contributed by atoms with van der Waals surface area (Å²) in [7, 11) is 0. The molecule has 2 aromatic carbocycles. The molecule has 0 saturated carbocycles. The summed E-state index contributed by atoms with van der Waals surface area (Å²) in [5.41, 5.74) is 2.98. The van der Waals surface area contributed by atoms with Crippen LogP contribution in [0.1, 0.15) is 17.2 Å². The van der Waals surface area contributed by atoms with Gasteiger partial charge in [0.15, 0.2) is 0 Å². The first-order valence-electron chi connectivity index (χ1n) is 5.68. The number of anilines is 1. The number of nitriles is 1. The van der Waals surface area contributed by atoms with Gasteiger partial charge in [0.1, 0.15) is 6.04 Å². The molecule has 0 saturated heterocycles. The zero-order chi connectivity index (χ0) is 13.0. The van der Waals surface area contributed by atoms with Gasteiger partial charge < -0.3 is 5.32 Å². The molecule has 0 radical (unpaired) electrons. The zero-order valence-corrected chi connectivity index (χ0v) is 10.8. The van der Waals surface area contributed by atoms with Crippen LogP contribution >= 0.6 is 11.6 Å². The second-order valence-corrected chi connectivity index (χ2v) is 4.51. The van der Waals surface area contributed by atoms with Gasteiger partial charge in [0.25, 0.3) is 0 Å².